The minimum atomic E-state index is -4.30. The quantitative estimate of drug-likeness (QED) is 0.532. The summed E-state index contributed by atoms with van der Waals surface area (Å²) >= 11 is 0. The van der Waals surface area contributed by atoms with Crippen LogP contribution in [0, 0.1) is 10.8 Å². The molecule has 0 unspecified atom stereocenters. The first-order valence-electron chi connectivity index (χ1n) is 9.59. The number of hydrogen-bond donors (Lipinski definition) is 4. The van der Waals surface area contributed by atoms with Gasteiger partial charge in [0.15, 0.2) is 4.91 Å². The van der Waals surface area contributed by atoms with E-state index in [1.54, 1.807) is 4.68 Å². The monoisotopic (exact) mass is 424 g/mol. The molecule has 3 rings (SSSR count). The van der Waals surface area contributed by atoms with E-state index < -0.39 is 21.0 Å². The molecule has 2 heterocycles. The standard InChI is InChI=1S/C18H28N6O4S/c1-11(2)24-15(12-6-5-7-13(12)22-24)21-17(25)23-29(26,27)14(8-19)16-20-9-18(3,4)10-28-16/h8,11,19-20H,5-7,9-10H2,1-4H3,(H2,21,23,25)/b16-14-,19-8?. The van der Waals surface area contributed by atoms with Gasteiger partial charge in [0.25, 0.3) is 10.0 Å². The molecule has 1 fully saturated rings. The number of nitrogens with zero attached hydrogens (tertiary/aromatic N) is 2. The summed E-state index contributed by atoms with van der Waals surface area (Å²) in [5, 5.41) is 17.6. The molecule has 2 amide bonds. The Morgan fingerprint density at radius 2 is 2.10 bits per heavy atom. The Bertz CT molecular complexity index is 949. The van der Waals surface area contributed by atoms with Crippen molar-refractivity contribution in [2.75, 3.05) is 18.5 Å². The lowest BCUT2D eigenvalue weighted by Gasteiger charge is -2.32. The third-order valence-electron chi connectivity index (χ3n) is 4.86. The molecule has 1 aromatic heterocycles. The minimum Gasteiger partial charge on any atom is -0.478 e. The van der Waals surface area contributed by atoms with Gasteiger partial charge in [-0.3, -0.25) is 5.32 Å². The highest BCUT2D eigenvalue weighted by Gasteiger charge is 2.31. The molecule has 1 saturated heterocycles. The zero-order valence-corrected chi connectivity index (χ0v) is 17.9. The van der Waals surface area contributed by atoms with Gasteiger partial charge in [-0.25, -0.2) is 22.6 Å². The van der Waals surface area contributed by atoms with E-state index in [0.717, 1.165) is 30.5 Å². The number of hydrogen-bond acceptors (Lipinski definition) is 7. The van der Waals surface area contributed by atoms with E-state index in [-0.39, 0.29) is 17.3 Å². The second-order valence-electron chi connectivity index (χ2n) is 8.37. The van der Waals surface area contributed by atoms with Crippen LogP contribution in [0.2, 0.25) is 0 Å². The average Bonchev–Trinajstić information content (AvgIpc) is 3.19. The van der Waals surface area contributed by atoms with Crippen LogP contribution in [0.3, 0.4) is 0 Å². The number of urea groups is 1. The lowest BCUT2D eigenvalue weighted by atomic mass is 9.94. The number of amides is 2. The molecule has 0 radical (unpaired) electrons. The molecular weight excluding hydrogens is 396 g/mol. The summed E-state index contributed by atoms with van der Waals surface area (Å²) in [7, 11) is -4.30. The van der Waals surface area contributed by atoms with Crippen molar-refractivity contribution < 1.29 is 17.9 Å². The van der Waals surface area contributed by atoms with Crippen LogP contribution in [0.4, 0.5) is 10.6 Å². The summed E-state index contributed by atoms with van der Waals surface area (Å²) in [4.78, 5) is 12.1. The van der Waals surface area contributed by atoms with Crippen molar-refractivity contribution >= 4 is 28.1 Å². The van der Waals surface area contributed by atoms with Crippen molar-refractivity contribution in [2.24, 2.45) is 5.41 Å². The molecule has 1 aliphatic carbocycles. The lowest BCUT2D eigenvalue weighted by molar-refractivity contribution is 0.0621. The molecule has 11 heteroatoms. The van der Waals surface area contributed by atoms with Gasteiger partial charge in [-0.15, -0.1) is 0 Å². The summed E-state index contributed by atoms with van der Waals surface area (Å²) in [5.41, 5.74) is 1.71. The van der Waals surface area contributed by atoms with Gasteiger partial charge in [0.1, 0.15) is 5.82 Å². The van der Waals surface area contributed by atoms with Gasteiger partial charge in [-0.2, -0.15) is 5.10 Å². The van der Waals surface area contributed by atoms with Crippen LogP contribution in [0.5, 0.6) is 0 Å². The smallest absolute Gasteiger partial charge is 0.334 e. The van der Waals surface area contributed by atoms with Crippen molar-refractivity contribution in [3.8, 4) is 0 Å². The van der Waals surface area contributed by atoms with Gasteiger partial charge < -0.3 is 15.5 Å². The molecule has 0 spiro atoms. The SMILES string of the molecule is CC(C)n1nc2c(c1NC(=O)NS(=O)(=O)/C(C=N)=C1/NCC(C)(C)CO1)CCC2. The number of aromatic nitrogens is 2. The number of aryl methyl sites for hydroxylation is 1. The fraction of sp³-hybridized carbons (Fsp3) is 0.611. The highest BCUT2D eigenvalue weighted by Crippen LogP contribution is 2.31. The fourth-order valence-electron chi connectivity index (χ4n) is 3.34. The third kappa shape index (κ3) is 4.39. The van der Waals surface area contributed by atoms with Crippen LogP contribution in [-0.4, -0.2) is 43.6 Å². The van der Waals surface area contributed by atoms with Crippen molar-refractivity contribution in [3.63, 3.8) is 0 Å². The maximum absolute atomic E-state index is 12.7. The first-order chi connectivity index (χ1) is 13.5. The molecule has 0 aromatic carbocycles. The predicted molar refractivity (Wildman–Crippen MR) is 109 cm³/mol. The van der Waals surface area contributed by atoms with Gasteiger partial charge in [-0.1, -0.05) is 13.8 Å². The molecule has 0 bridgehead atoms. The van der Waals surface area contributed by atoms with Crippen molar-refractivity contribution in [2.45, 2.75) is 53.0 Å². The van der Waals surface area contributed by atoms with Crippen molar-refractivity contribution in [1.29, 1.82) is 5.41 Å². The van der Waals surface area contributed by atoms with Crippen LogP contribution >= 0.6 is 0 Å². The Kier molecular flexibility index (Phi) is 5.61. The van der Waals surface area contributed by atoms with Crippen LogP contribution < -0.4 is 15.4 Å². The largest absolute Gasteiger partial charge is 0.478 e. The third-order valence-corrected chi connectivity index (χ3v) is 6.20. The number of nitrogens with one attached hydrogen (secondary N) is 4. The molecule has 29 heavy (non-hydrogen) atoms. The number of allylic oxidation sites excluding steroid dienone is 1. The highest BCUT2D eigenvalue weighted by atomic mass is 32.2. The first-order valence-corrected chi connectivity index (χ1v) is 11.1. The molecule has 0 atom stereocenters. The van der Waals surface area contributed by atoms with Crippen LogP contribution in [0.15, 0.2) is 10.8 Å². The topological polar surface area (TPSA) is 138 Å². The molecule has 1 aliphatic heterocycles. The van der Waals surface area contributed by atoms with E-state index in [2.05, 4.69) is 15.7 Å². The molecule has 2 aliphatic rings. The van der Waals surface area contributed by atoms with Gasteiger partial charge in [0.05, 0.1) is 12.3 Å². The Hall–Kier alpha value is -2.56. The van der Waals surface area contributed by atoms with E-state index in [0.29, 0.717) is 25.2 Å². The van der Waals surface area contributed by atoms with Crippen LogP contribution in [0.1, 0.15) is 51.4 Å². The molecule has 160 valence electrons. The molecule has 4 N–H and O–H groups in total. The Morgan fingerprint density at radius 3 is 2.69 bits per heavy atom. The molecular formula is C18H28N6O4S. The summed E-state index contributed by atoms with van der Waals surface area (Å²) in [6.45, 7) is 8.60. The Labute approximate surface area is 170 Å². The average molecular weight is 425 g/mol. The van der Waals surface area contributed by atoms with E-state index in [1.165, 1.54) is 0 Å². The summed E-state index contributed by atoms with van der Waals surface area (Å²) in [6, 6.07) is -0.896. The number of fused-ring (bicyclic) bond motifs is 1. The maximum atomic E-state index is 12.7. The van der Waals surface area contributed by atoms with E-state index in [1.807, 2.05) is 32.4 Å². The number of carbonyl (C=O) groups excluding carboxylic acids is 1. The maximum Gasteiger partial charge on any atom is 0.334 e. The van der Waals surface area contributed by atoms with Gasteiger partial charge >= 0.3 is 6.03 Å². The second-order valence-corrected chi connectivity index (χ2v) is 10.0. The van der Waals surface area contributed by atoms with Crippen molar-refractivity contribution in [1.82, 2.24) is 19.8 Å². The van der Waals surface area contributed by atoms with E-state index in [4.69, 9.17) is 10.1 Å². The molecule has 1 aromatic rings. The van der Waals surface area contributed by atoms with Gasteiger partial charge in [0.2, 0.25) is 5.88 Å². The number of anilines is 1. The minimum absolute atomic E-state index is 0.00922. The lowest BCUT2D eigenvalue weighted by Crippen LogP contribution is -2.43. The predicted octanol–water partition coefficient (Wildman–Crippen LogP) is 1.87. The van der Waals surface area contributed by atoms with E-state index in [9.17, 15) is 13.2 Å². The Balaban J connectivity index is 1.79. The zero-order chi connectivity index (χ0) is 21.4. The van der Waals surface area contributed by atoms with E-state index >= 15 is 0 Å². The summed E-state index contributed by atoms with van der Waals surface area (Å²) in [5.74, 6) is 0.478. The van der Waals surface area contributed by atoms with Crippen LogP contribution in [0.25, 0.3) is 0 Å². The second kappa shape index (κ2) is 7.69. The van der Waals surface area contributed by atoms with Crippen molar-refractivity contribution in [3.05, 3.63) is 22.0 Å². The number of ether oxygens (including phenoxy) is 1. The normalized spacial score (nSPS) is 19.8. The number of sulfonamides is 1. The van der Waals surface area contributed by atoms with Crippen LogP contribution in [-0.2, 0) is 27.6 Å². The number of rotatable bonds is 5. The van der Waals surface area contributed by atoms with Gasteiger partial charge in [-0.05, 0) is 33.1 Å². The highest BCUT2D eigenvalue weighted by molar-refractivity contribution is 7.94. The Morgan fingerprint density at radius 1 is 1.38 bits per heavy atom. The zero-order valence-electron chi connectivity index (χ0n) is 17.1. The molecule has 0 saturated carbocycles. The first kappa shape index (κ1) is 21.2. The summed E-state index contributed by atoms with van der Waals surface area (Å²) in [6.07, 6.45) is 3.24. The fourth-order valence-corrected chi connectivity index (χ4v) is 4.28. The molecule has 10 nitrogen and oxygen atoms in total. The van der Waals surface area contributed by atoms with Gasteiger partial charge in [0, 0.05) is 29.8 Å². The number of carbonyl (C=O) groups is 1. The summed E-state index contributed by atoms with van der Waals surface area (Å²) < 4.78 is 34.5.